The molecule has 0 saturated carbocycles. The van der Waals surface area contributed by atoms with Crippen molar-refractivity contribution in [3.8, 4) is 0 Å². The van der Waals surface area contributed by atoms with Crippen LogP contribution < -0.4 is 10.6 Å². The van der Waals surface area contributed by atoms with Crippen LogP contribution in [0.3, 0.4) is 0 Å². The number of carbonyl (C=O) groups is 1. The summed E-state index contributed by atoms with van der Waals surface area (Å²) in [6, 6.07) is 0.335. The second-order valence-corrected chi connectivity index (χ2v) is 5.12. The van der Waals surface area contributed by atoms with Crippen LogP contribution in [0.5, 0.6) is 0 Å². The van der Waals surface area contributed by atoms with Gasteiger partial charge < -0.3 is 15.4 Å². The third-order valence-corrected chi connectivity index (χ3v) is 3.60. The Kier molecular flexibility index (Phi) is 5.68. The maximum atomic E-state index is 11.7. The Morgan fingerprint density at radius 1 is 1.28 bits per heavy atom. The smallest absolute Gasteiger partial charge is 0.222 e. The molecule has 1 fully saturated rings. The lowest BCUT2D eigenvalue weighted by atomic mass is 10.0. The fraction of sp³-hybridized carbons (Fsp3) is 0.786. The van der Waals surface area contributed by atoms with E-state index in [0.717, 1.165) is 45.2 Å². The summed E-state index contributed by atoms with van der Waals surface area (Å²) in [5.74, 6) is 0.129. The summed E-state index contributed by atoms with van der Waals surface area (Å²) in [6.07, 6.45) is 10.4. The van der Waals surface area contributed by atoms with Gasteiger partial charge in [-0.05, 0) is 45.2 Å². The topological polar surface area (TPSA) is 50.4 Å². The fourth-order valence-corrected chi connectivity index (χ4v) is 2.50. The Morgan fingerprint density at radius 2 is 2.11 bits per heavy atom. The average molecular weight is 252 g/mol. The summed E-state index contributed by atoms with van der Waals surface area (Å²) in [6.45, 7) is 2.62. The van der Waals surface area contributed by atoms with E-state index in [4.69, 9.17) is 4.74 Å². The first-order chi connectivity index (χ1) is 8.84. The molecule has 2 aliphatic rings. The molecule has 2 rings (SSSR count). The van der Waals surface area contributed by atoms with E-state index in [1.165, 1.54) is 0 Å². The lowest BCUT2D eigenvalue weighted by molar-refractivity contribution is -0.123. The van der Waals surface area contributed by atoms with Gasteiger partial charge in [-0.3, -0.25) is 4.79 Å². The Balaban J connectivity index is 1.55. The van der Waals surface area contributed by atoms with Gasteiger partial charge in [-0.25, -0.2) is 0 Å². The molecule has 2 N–H and O–H groups in total. The van der Waals surface area contributed by atoms with Gasteiger partial charge in [-0.15, -0.1) is 0 Å². The van der Waals surface area contributed by atoms with Crippen LogP contribution in [-0.2, 0) is 9.53 Å². The number of piperidine rings is 1. The van der Waals surface area contributed by atoms with E-state index in [1.807, 2.05) is 0 Å². The van der Waals surface area contributed by atoms with Crippen molar-refractivity contribution in [3.63, 3.8) is 0 Å². The van der Waals surface area contributed by atoms with E-state index in [1.54, 1.807) is 0 Å². The number of allylic oxidation sites excluding steroid dienone is 1. The molecule has 1 unspecified atom stereocenters. The summed E-state index contributed by atoms with van der Waals surface area (Å²) in [7, 11) is 0. The minimum Gasteiger partial charge on any atom is -0.378 e. The van der Waals surface area contributed by atoms with E-state index >= 15 is 0 Å². The predicted molar refractivity (Wildman–Crippen MR) is 71.4 cm³/mol. The van der Waals surface area contributed by atoms with Crippen LogP contribution in [0.15, 0.2) is 12.2 Å². The molecule has 1 heterocycles. The zero-order valence-electron chi connectivity index (χ0n) is 11.0. The molecule has 18 heavy (non-hydrogen) atoms. The Bertz CT molecular complexity index is 286. The normalized spacial score (nSPS) is 25.0. The summed E-state index contributed by atoms with van der Waals surface area (Å²) in [4.78, 5) is 11.7. The molecule has 1 aliphatic heterocycles. The van der Waals surface area contributed by atoms with Crippen LogP contribution in [0.25, 0.3) is 0 Å². The van der Waals surface area contributed by atoms with Crippen LogP contribution >= 0.6 is 0 Å². The molecule has 0 aromatic carbocycles. The van der Waals surface area contributed by atoms with E-state index in [-0.39, 0.29) is 5.91 Å². The van der Waals surface area contributed by atoms with E-state index in [9.17, 15) is 4.79 Å². The van der Waals surface area contributed by atoms with Gasteiger partial charge >= 0.3 is 0 Å². The van der Waals surface area contributed by atoms with Crippen molar-refractivity contribution in [3.05, 3.63) is 12.2 Å². The maximum Gasteiger partial charge on any atom is 0.222 e. The first-order valence-corrected chi connectivity index (χ1v) is 7.11. The van der Waals surface area contributed by atoms with Crippen molar-refractivity contribution in [1.29, 1.82) is 0 Å². The minimum absolute atomic E-state index is 0.129. The molecule has 0 bridgehead atoms. The van der Waals surface area contributed by atoms with Gasteiger partial charge in [-0.2, -0.15) is 0 Å². The standard InChI is InChI=1S/C14H24N2O2/c17-14(16-12-4-2-1-3-5-12)8-11-18-13-6-9-15-10-7-13/h1-2,12-13,15H,3-11H2,(H,16,17). The average Bonchev–Trinajstić information content (AvgIpc) is 2.41. The fourth-order valence-electron chi connectivity index (χ4n) is 2.50. The number of rotatable bonds is 5. The molecule has 0 aromatic rings. The van der Waals surface area contributed by atoms with Gasteiger partial charge in [0.2, 0.25) is 5.91 Å². The van der Waals surface area contributed by atoms with Crippen LogP contribution in [0.2, 0.25) is 0 Å². The second-order valence-electron chi connectivity index (χ2n) is 5.12. The van der Waals surface area contributed by atoms with Crippen LogP contribution in [0.1, 0.15) is 38.5 Å². The van der Waals surface area contributed by atoms with Crippen molar-refractivity contribution in [2.75, 3.05) is 19.7 Å². The Morgan fingerprint density at radius 3 is 2.83 bits per heavy atom. The molecule has 0 aromatic heterocycles. The van der Waals surface area contributed by atoms with Crippen molar-refractivity contribution in [2.45, 2.75) is 50.7 Å². The first-order valence-electron chi connectivity index (χ1n) is 7.11. The monoisotopic (exact) mass is 252 g/mol. The molecular weight excluding hydrogens is 228 g/mol. The lowest BCUT2D eigenvalue weighted by Crippen LogP contribution is -2.36. The van der Waals surface area contributed by atoms with Crippen molar-refractivity contribution in [2.24, 2.45) is 0 Å². The molecule has 102 valence electrons. The van der Waals surface area contributed by atoms with Crippen molar-refractivity contribution in [1.82, 2.24) is 10.6 Å². The number of amides is 1. The highest BCUT2D eigenvalue weighted by Gasteiger charge is 2.15. The number of carbonyl (C=O) groups excluding carboxylic acids is 1. The highest BCUT2D eigenvalue weighted by Crippen LogP contribution is 2.11. The quantitative estimate of drug-likeness (QED) is 0.727. The van der Waals surface area contributed by atoms with Crippen LogP contribution in [0.4, 0.5) is 0 Å². The van der Waals surface area contributed by atoms with Gasteiger partial charge in [0, 0.05) is 12.5 Å². The molecule has 1 saturated heterocycles. The highest BCUT2D eigenvalue weighted by molar-refractivity contribution is 5.76. The Hall–Kier alpha value is -0.870. The van der Waals surface area contributed by atoms with Gasteiger partial charge in [0.1, 0.15) is 0 Å². The van der Waals surface area contributed by atoms with Crippen LogP contribution in [-0.4, -0.2) is 37.7 Å². The SMILES string of the molecule is O=C(CCOC1CCNCC1)NC1CC=CCC1. The number of ether oxygens (including phenoxy) is 1. The summed E-state index contributed by atoms with van der Waals surface area (Å²) >= 11 is 0. The van der Waals surface area contributed by atoms with E-state index < -0.39 is 0 Å². The zero-order chi connectivity index (χ0) is 12.6. The summed E-state index contributed by atoms with van der Waals surface area (Å²) in [5.41, 5.74) is 0. The molecule has 1 atom stereocenters. The molecule has 4 nitrogen and oxygen atoms in total. The van der Waals surface area contributed by atoms with Crippen molar-refractivity contribution >= 4 is 5.91 Å². The first kappa shape index (κ1) is 13.6. The zero-order valence-corrected chi connectivity index (χ0v) is 11.0. The molecule has 0 radical (unpaired) electrons. The molecule has 0 spiro atoms. The predicted octanol–water partition coefficient (Wildman–Crippen LogP) is 1.37. The Labute approximate surface area is 109 Å². The molecule has 1 aliphatic carbocycles. The third kappa shape index (κ3) is 4.78. The summed E-state index contributed by atoms with van der Waals surface area (Å²) < 4.78 is 5.73. The van der Waals surface area contributed by atoms with Gasteiger partial charge in [-0.1, -0.05) is 12.2 Å². The molecular formula is C14H24N2O2. The van der Waals surface area contributed by atoms with Gasteiger partial charge in [0.05, 0.1) is 12.7 Å². The largest absolute Gasteiger partial charge is 0.378 e. The second kappa shape index (κ2) is 7.54. The van der Waals surface area contributed by atoms with E-state index in [0.29, 0.717) is 25.2 Å². The van der Waals surface area contributed by atoms with E-state index in [2.05, 4.69) is 22.8 Å². The molecule has 1 amide bonds. The third-order valence-electron chi connectivity index (χ3n) is 3.60. The van der Waals surface area contributed by atoms with Crippen molar-refractivity contribution < 1.29 is 9.53 Å². The van der Waals surface area contributed by atoms with Gasteiger partial charge in [0.15, 0.2) is 0 Å². The maximum absolute atomic E-state index is 11.7. The van der Waals surface area contributed by atoms with Gasteiger partial charge in [0.25, 0.3) is 0 Å². The lowest BCUT2D eigenvalue weighted by Gasteiger charge is -2.23. The minimum atomic E-state index is 0.129. The van der Waals surface area contributed by atoms with Crippen LogP contribution in [0, 0.1) is 0 Å². The number of hydrogen-bond acceptors (Lipinski definition) is 3. The number of hydrogen-bond donors (Lipinski definition) is 2. The number of nitrogens with one attached hydrogen (secondary N) is 2. The summed E-state index contributed by atoms with van der Waals surface area (Å²) in [5, 5.41) is 6.38. The highest BCUT2D eigenvalue weighted by atomic mass is 16.5. The molecule has 4 heteroatoms.